The van der Waals surface area contributed by atoms with E-state index in [1.54, 1.807) is 26.2 Å². The quantitative estimate of drug-likeness (QED) is 0.720. The SMILES string of the molecule is COCc1ccc(C(C)O)o1. The Morgan fingerprint density at radius 1 is 1.64 bits per heavy atom. The summed E-state index contributed by atoms with van der Waals surface area (Å²) >= 11 is 0. The zero-order chi connectivity index (χ0) is 8.27. The van der Waals surface area contributed by atoms with Crippen molar-refractivity contribution in [2.45, 2.75) is 19.6 Å². The Hall–Kier alpha value is -0.800. The first-order chi connectivity index (χ1) is 5.24. The molecule has 3 heteroatoms. The molecular formula is C8H12O3. The molecule has 0 aliphatic rings. The minimum Gasteiger partial charge on any atom is -0.461 e. The molecular weight excluding hydrogens is 144 g/mol. The topological polar surface area (TPSA) is 42.6 Å². The van der Waals surface area contributed by atoms with E-state index in [1.165, 1.54) is 0 Å². The maximum atomic E-state index is 9.07. The minimum absolute atomic E-state index is 0.451. The first-order valence-electron chi connectivity index (χ1n) is 3.49. The monoisotopic (exact) mass is 156 g/mol. The highest BCUT2D eigenvalue weighted by atomic mass is 16.5. The van der Waals surface area contributed by atoms with Crippen LogP contribution in [0.5, 0.6) is 0 Å². The van der Waals surface area contributed by atoms with Gasteiger partial charge in [-0.05, 0) is 19.1 Å². The van der Waals surface area contributed by atoms with E-state index >= 15 is 0 Å². The van der Waals surface area contributed by atoms with E-state index in [4.69, 9.17) is 14.3 Å². The van der Waals surface area contributed by atoms with Gasteiger partial charge in [0.05, 0.1) is 0 Å². The van der Waals surface area contributed by atoms with Crippen LogP contribution in [-0.4, -0.2) is 12.2 Å². The van der Waals surface area contributed by atoms with Crippen molar-refractivity contribution in [3.63, 3.8) is 0 Å². The van der Waals surface area contributed by atoms with Crippen LogP contribution in [0.3, 0.4) is 0 Å². The fraction of sp³-hybridized carbons (Fsp3) is 0.500. The Labute approximate surface area is 65.6 Å². The number of aliphatic hydroxyl groups excluding tert-OH is 1. The Morgan fingerprint density at radius 2 is 2.36 bits per heavy atom. The molecule has 0 amide bonds. The molecule has 1 atom stereocenters. The molecule has 0 aromatic carbocycles. The maximum absolute atomic E-state index is 9.07. The molecule has 0 fully saturated rings. The average molecular weight is 156 g/mol. The lowest BCUT2D eigenvalue weighted by Gasteiger charge is -1.97. The summed E-state index contributed by atoms with van der Waals surface area (Å²) in [5.74, 6) is 1.32. The number of hydrogen-bond acceptors (Lipinski definition) is 3. The van der Waals surface area contributed by atoms with Crippen molar-refractivity contribution < 1.29 is 14.3 Å². The van der Waals surface area contributed by atoms with Crippen LogP contribution in [0.15, 0.2) is 16.5 Å². The predicted molar refractivity (Wildman–Crippen MR) is 40.1 cm³/mol. The summed E-state index contributed by atoms with van der Waals surface area (Å²) in [7, 11) is 1.60. The summed E-state index contributed by atoms with van der Waals surface area (Å²) in [6, 6.07) is 3.55. The van der Waals surface area contributed by atoms with Gasteiger partial charge in [-0.3, -0.25) is 0 Å². The second-order valence-corrected chi connectivity index (χ2v) is 2.41. The highest BCUT2D eigenvalue weighted by Crippen LogP contribution is 2.15. The average Bonchev–Trinajstić information content (AvgIpc) is 2.37. The standard InChI is InChI=1S/C8H12O3/c1-6(9)8-4-3-7(11-8)5-10-2/h3-4,6,9H,5H2,1-2H3. The summed E-state index contributed by atoms with van der Waals surface area (Å²) in [6.45, 7) is 2.11. The number of hydrogen-bond donors (Lipinski definition) is 1. The molecule has 1 N–H and O–H groups in total. The van der Waals surface area contributed by atoms with E-state index in [0.29, 0.717) is 12.4 Å². The van der Waals surface area contributed by atoms with Crippen LogP contribution >= 0.6 is 0 Å². The van der Waals surface area contributed by atoms with E-state index in [-0.39, 0.29) is 0 Å². The van der Waals surface area contributed by atoms with Crippen LogP contribution in [0.4, 0.5) is 0 Å². The number of furan rings is 1. The van der Waals surface area contributed by atoms with Crippen molar-refractivity contribution in [2.75, 3.05) is 7.11 Å². The van der Waals surface area contributed by atoms with Gasteiger partial charge in [0.15, 0.2) is 0 Å². The smallest absolute Gasteiger partial charge is 0.132 e. The van der Waals surface area contributed by atoms with Crippen LogP contribution in [-0.2, 0) is 11.3 Å². The van der Waals surface area contributed by atoms with E-state index in [2.05, 4.69) is 0 Å². The molecule has 0 bridgehead atoms. The van der Waals surface area contributed by atoms with Gasteiger partial charge in [-0.1, -0.05) is 0 Å². The molecule has 0 aliphatic carbocycles. The van der Waals surface area contributed by atoms with E-state index in [9.17, 15) is 0 Å². The number of rotatable bonds is 3. The van der Waals surface area contributed by atoms with Gasteiger partial charge in [0.1, 0.15) is 24.2 Å². The summed E-state index contributed by atoms with van der Waals surface area (Å²) in [5.41, 5.74) is 0. The largest absolute Gasteiger partial charge is 0.461 e. The third kappa shape index (κ3) is 2.06. The van der Waals surface area contributed by atoms with E-state index in [0.717, 1.165) is 5.76 Å². The van der Waals surface area contributed by atoms with Gasteiger partial charge < -0.3 is 14.3 Å². The highest BCUT2D eigenvalue weighted by Gasteiger charge is 2.05. The van der Waals surface area contributed by atoms with Crippen LogP contribution < -0.4 is 0 Å². The van der Waals surface area contributed by atoms with Crippen molar-refractivity contribution in [3.05, 3.63) is 23.7 Å². The lowest BCUT2D eigenvalue weighted by molar-refractivity contribution is 0.141. The zero-order valence-corrected chi connectivity index (χ0v) is 6.70. The Morgan fingerprint density at radius 3 is 2.82 bits per heavy atom. The van der Waals surface area contributed by atoms with Gasteiger partial charge in [-0.2, -0.15) is 0 Å². The summed E-state index contributed by atoms with van der Waals surface area (Å²) in [6.07, 6.45) is -0.541. The molecule has 1 rings (SSSR count). The van der Waals surface area contributed by atoms with Gasteiger partial charge in [0.2, 0.25) is 0 Å². The highest BCUT2D eigenvalue weighted by molar-refractivity contribution is 5.07. The summed E-state index contributed by atoms with van der Waals surface area (Å²) < 4.78 is 10.1. The minimum atomic E-state index is -0.541. The third-order valence-corrected chi connectivity index (χ3v) is 1.38. The van der Waals surface area contributed by atoms with Crippen LogP contribution in [0.2, 0.25) is 0 Å². The fourth-order valence-electron chi connectivity index (χ4n) is 0.839. The molecule has 1 unspecified atom stereocenters. The molecule has 0 spiro atoms. The Kier molecular flexibility index (Phi) is 2.68. The Bertz CT molecular complexity index is 215. The van der Waals surface area contributed by atoms with Crippen LogP contribution in [0.25, 0.3) is 0 Å². The van der Waals surface area contributed by atoms with Gasteiger partial charge in [0, 0.05) is 7.11 Å². The molecule has 0 saturated carbocycles. The third-order valence-electron chi connectivity index (χ3n) is 1.38. The lowest BCUT2D eigenvalue weighted by Crippen LogP contribution is -1.87. The van der Waals surface area contributed by atoms with E-state index in [1.807, 2.05) is 0 Å². The molecule has 1 aromatic rings. The van der Waals surface area contributed by atoms with Crippen LogP contribution in [0.1, 0.15) is 24.5 Å². The first kappa shape index (κ1) is 8.30. The van der Waals surface area contributed by atoms with Crippen LogP contribution in [0, 0.1) is 0 Å². The second-order valence-electron chi connectivity index (χ2n) is 2.41. The first-order valence-corrected chi connectivity index (χ1v) is 3.49. The number of methoxy groups -OCH3 is 1. The van der Waals surface area contributed by atoms with E-state index < -0.39 is 6.10 Å². The lowest BCUT2D eigenvalue weighted by atomic mass is 10.3. The van der Waals surface area contributed by atoms with Crippen molar-refractivity contribution in [1.29, 1.82) is 0 Å². The van der Waals surface area contributed by atoms with Crippen molar-refractivity contribution in [2.24, 2.45) is 0 Å². The molecule has 1 heterocycles. The molecule has 0 saturated heterocycles. The van der Waals surface area contributed by atoms with Gasteiger partial charge in [-0.25, -0.2) is 0 Å². The molecule has 62 valence electrons. The van der Waals surface area contributed by atoms with Crippen molar-refractivity contribution in [1.82, 2.24) is 0 Å². The van der Waals surface area contributed by atoms with Gasteiger partial charge in [0.25, 0.3) is 0 Å². The van der Waals surface area contributed by atoms with Crippen molar-refractivity contribution >= 4 is 0 Å². The molecule has 11 heavy (non-hydrogen) atoms. The van der Waals surface area contributed by atoms with Gasteiger partial charge in [-0.15, -0.1) is 0 Å². The molecule has 0 radical (unpaired) electrons. The summed E-state index contributed by atoms with van der Waals surface area (Å²) in [5, 5.41) is 9.07. The van der Waals surface area contributed by atoms with Gasteiger partial charge >= 0.3 is 0 Å². The predicted octanol–water partition coefficient (Wildman–Crippen LogP) is 1.48. The van der Waals surface area contributed by atoms with Crippen molar-refractivity contribution in [3.8, 4) is 0 Å². The maximum Gasteiger partial charge on any atom is 0.132 e. The normalized spacial score (nSPS) is 13.4. The molecule has 0 aliphatic heterocycles. The zero-order valence-electron chi connectivity index (χ0n) is 6.70. The number of aliphatic hydroxyl groups is 1. The number of ether oxygens (including phenoxy) is 1. The Balaban J connectivity index is 2.66. The fourth-order valence-corrected chi connectivity index (χ4v) is 0.839. The molecule has 1 aromatic heterocycles. The second kappa shape index (κ2) is 3.55. The molecule has 3 nitrogen and oxygen atoms in total. The summed E-state index contributed by atoms with van der Waals surface area (Å²) in [4.78, 5) is 0.